The average molecular weight is 930 g/mol. The minimum absolute atomic E-state index is 0.0911. The third-order valence-electron chi connectivity index (χ3n) is 9.51. The van der Waals surface area contributed by atoms with E-state index in [0.29, 0.717) is 55.5 Å². The van der Waals surface area contributed by atoms with E-state index in [4.69, 9.17) is 84.4 Å². The number of aliphatic imine (C=N–C) groups is 2. The number of ether oxygens (including phenoxy) is 1. The van der Waals surface area contributed by atoms with Crippen molar-refractivity contribution >= 4 is 103 Å². The first-order valence-corrected chi connectivity index (χ1v) is 21.2. The molecule has 6 rings (SSSR count). The van der Waals surface area contributed by atoms with Crippen LogP contribution in [0.15, 0.2) is 87.3 Å². The molecule has 3 unspecified atom stereocenters. The maximum Gasteiger partial charge on any atom is 0.339 e. The highest BCUT2D eigenvalue weighted by Gasteiger charge is 2.35. The Morgan fingerprint density at radius 2 is 1.44 bits per heavy atom. The summed E-state index contributed by atoms with van der Waals surface area (Å²) in [6.07, 6.45) is 7.44. The summed E-state index contributed by atoms with van der Waals surface area (Å²) < 4.78 is 6.14. The van der Waals surface area contributed by atoms with Crippen molar-refractivity contribution in [2.75, 3.05) is 19.8 Å². The zero-order valence-corrected chi connectivity index (χ0v) is 37.4. The Bertz CT molecular complexity index is 1980. The van der Waals surface area contributed by atoms with E-state index in [1.165, 1.54) is 0 Å². The molecule has 1 N–H and O–H groups in total. The number of halogens is 7. The molecule has 2 heterocycles. The van der Waals surface area contributed by atoms with Gasteiger partial charge in [-0.15, -0.1) is 0 Å². The Hall–Kier alpha value is -2.13. The van der Waals surface area contributed by atoms with E-state index >= 15 is 0 Å². The summed E-state index contributed by atoms with van der Waals surface area (Å²) in [5.74, 6) is -0.392. The van der Waals surface area contributed by atoms with Crippen LogP contribution in [0, 0.1) is 0 Å². The molecule has 2 aliphatic heterocycles. The molecule has 5 nitrogen and oxygen atoms in total. The van der Waals surface area contributed by atoms with Gasteiger partial charge in [-0.1, -0.05) is 122 Å². The molecule has 0 fully saturated rings. The summed E-state index contributed by atoms with van der Waals surface area (Å²) in [4.78, 5) is 21.6. The van der Waals surface area contributed by atoms with Crippen molar-refractivity contribution < 1.29 is 14.6 Å². The van der Waals surface area contributed by atoms with Crippen LogP contribution < -0.4 is 0 Å². The van der Waals surface area contributed by atoms with Crippen LogP contribution in [0.4, 0.5) is 0 Å². The van der Waals surface area contributed by atoms with Gasteiger partial charge in [0.1, 0.15) is 0 Å². The zero-order valence-electron chi connectivity index (χ0n) is 31.3. The molecular formula is C43H45BrCl6N2O3. The van der Waals surface area contributed by atoms with Crippen molar-refractivity contribution in [2.45, 2.75) is 83.1 Å². The number of unbranched alkanes of at least 4 members (excludes halogenated alkanes) is 2. The third kappa shape index (κ3) is 12.7. The van der Waals surface area contributed by atoms with Gasteiger partial charge in [-0.2, -0.15) is 0 Å². The van der Waals surface area contributed by atoms with Crippen molar-refractivity contribution in [1.82, 2.24) is 0 Å². The van der Waals surface area contributed by atoms with E-state index in [2.05, 4.69) is 47.8 Å². The Morgan fingerprint density at radius 1 is 0.818 bits per heavy atom. The summed E-state index contributed by atoms with van der Waals surface area (Å²) in [5, 5.41) is 11.7. The Balaban J connectivity index is 0.000000223. The van der Waals surface area contributed by atoms with Gasteiger partial charge in [0.05, 0.1) is 28.3 Å². The van der Waals surface area contributed by atoms with Crippen LogP contribution >= 0.6 is 85.5 Å². The Kier molecular flexibility index (Phi) is 17.4. The molecule has 0 saturated carbocycles. The second kappa shape index (κ2) is 21.0. The van der Waals surface area contributed by atoms with Crippen molar-refractivity contribution in [3.63, 3.8) is 0 Å². The van der Waals surface area contributed by atoms with Gasteiger partial charge >= 0.3 is 5.97 Å². The Labute approximate surface area is 363 Å². The van der Waals surface area contributed by atoms with Gasteiger partial charge in [-0.25, -0.2) is 4.79 Å². The summed E-state index contributed by atoms with van der Waals surface area (Å²) in [6, 6.07) is 22.7. The highest BCUT2D eigenvalue weighted by atomic mass is 79.9. The molecule has 0 bridgehead atoms. The highest BCUT2D eigenvalue weighted by Crippen LogP contribution is 2.42. The number of hydrogen-bond donors (Lipinski definition) is 1. The zero-order chi connectivity index (χ0) is 40.3. The molecular weight excluding hydrogens is 885 g/mol. The number of aliphatic hydroxyl groups excluding tert-OH is 1. The number of carbonyl (C=O) groups excluding carboxylic acids is 1. The fraction of sp³-hybridized carbons (Fsp3) is 0.372. The lowest BCUT2D eigenvalue weighted by Crippen LogP contribution is -2.23. The first-order valence-electron chi connectivity index (χ1n) is 18.1. The van der Waals surface area contributed by atoms with Crippen LogP contribution in [0.25, 0.3) is 0 Å². The van der Waals surface area contributed by atoms with Gasteiger partial charge in [0.15, 0.2) is 0 Å². The van der Waals surface area contributed by atoms with Crippen LogP contribution in [0.2, 0.25) is 30.1 Å². The second-order valence-corrected chi connectivity index (χ2v) is 17.6. The molecule has 4 aromatic rings. The number of aliphatic hydroxyl groups is 1. The van der Waals surface area contributed by atoms with Crippen molar-refractivity contribution in [1.29, 1.82) is 0 Å². The predicted octanol–water partition coefficient (Wildman–Crippen LogP) is 14.4. The summed E-state index contributed by atoms with van der Waals surface area (Å²) in [6.45, 7) is 9.78. The van der Waals surface area contributed by atoms with Gasteiger partial charge in [0.25, 0.3) is 0 Å². The summed E-state index contributed by atoms with van der Waals surface area (Å²) >= 11 is 40.6. The molecule has 0 aromatic heterocycles. The number of carbonyl (C=O) groups is 1. The van der Waals surface area contributed by atoms with Gasteiger partial charge in [-0.05, 0) is 118 Å². The maximum atomic E-state index is 12.2. The molecule has 2 aliphatic rings. The first-order chi connectivity index (χ1) is 26.1. The van der Waals surface area contributed by atoms with Gasteiger partial charge < -0.3 is 9.84 Å². The number of esters is 1. The molecule has 0 saturated heterocycles. The monoisotopic (exact) mass is 926 g/mol. The highest BCUT2D eigenvalue weighted by molar-refractivity contribution is 9.10. The molecule has 0 spiro atoms. The minimum atomic E-state index is -0.392. The standard InChI is InChI=1S/C22H22Cl3NO2.C17H13BrCl3N.C4H10O/c1-3-4-7-28-21(27)18-6-5-14(8-19(18)25)20-12-22(2,13-26-20)15-9-16(23)11-17(24)10-15;1-17(11-5-12(19)7-13(20)6-11)8-16(22-9-17)10-2-3-14(18)15(21)4-10;1-2-3-4-5/h5-6,8-11H,3-4,7,12-13H2,1-2H3;2-7,9,16H,8H2,1H3;5H,2-4H2,1H3. The van der Waals surface area contributed by atoms with Gasteiger partial charge in [0.2, 0.25) is 0 Å². The van der Waals surface area contributed by atoms with Gasteiger partial charge in [0, 0.05) is 66.9 Å². The Morgan fingerprint density at radius 3 is 1.98 bits per heavy atom. The molecule has 12 heteroatoms. The van der Waals surface area contributed by atoms with E-state index in [9.17, 15) is 4.79 Å². The first kappa shape index (κ1) is 45.6. The van der Waals surface area contributed by atoms with E-state index < -0.39 is 5.97 Å². The van der Waals surface area contributed by atoms with Crippen LogP contribution in [0.5, 0.6) is 0 Å². The smallest absolute Gasteiger partial charge is 0.339 e. The number of benzene rings is 4. The van der Waals surface area contributed by atoms with Crippen molar-refractivity contribution in [3.05, 3.63) is 135 Å². The fourth-order valence-electron chi connectivity index (χ4n) is 6.21. The molecule has 4 aromatic carbocycles. The van der Waals surface area contributed by atoms with Crippen molar-refractivity contribution in [3.8, 4) is 0 Å². The topological polar surface area (TPSA) is 71.2 Å². The largest absolute Gasteiger partial charge is 0.462 e. The van der Waals surface area contributed by atoms with E-state index in [-0.39, 0.29) is 16.9 Å². The molecule has 0 amide bonds. The lowest BCUT2D eigenvalue weighted by molar-refractivity contribution is 0.0500. The summed E-state index contributed by atoms with van der Waals surface area (Å²) in [5.41, 5.74) is 5.13. The van der Waals surface area contributed by atoms with Gasteiger partial charge in [-0.3, -0.25) is 9.98 Å². The molecule has 294 valence electrons. The SMILES string of the molecule is CC1(c2cc(Cl)cc(Cl)c2)C=NC(c2ccc(Br)c(Cl)c2)C1.CCCCO.CCCCOC(=O)c1ccc(C2=NCC(C)(c3cc(Cl)cc(Cl)c3)C2)cc1Cl. The maximum absolute atomic E-state index is 12.2. The predicted molar refractivity (Wildman–Crippen MR) is 237 cm³/mol. The van der Waals surface area contributed by atoms with E-state index in [1.807, 2.05) is 55.6 Å². The number of hydrogen-bond acceptors (Lipinski definition) is 5. The van der Waals surface area contributed by atoms with Crippen LogP contribution in [0.1, 0.15) is 105 Å². The molecule has 0 radical (unpaired) electrons. The van der Waals surface area contributed by atoms with Crippen LogP contribution in [-0.4, -0.2) is 42.8 Å². The quantitative estimate of drug-likeness (QED) is 0.127. The molecule has 55 heavy (non-hydrogen) atoms. The lowest BCUT2D eigenvalue weighted by atomic mass is 9.79. The van der Waals surface area contributed by atoms with E-state index in [1.54, 1.807) is 24.3 Å². The van der Waals surface area contributed by atoms with E-state index in [0.717, 1.165) is 71.0 Å². The average Bonchev–Trinajstić information content (AvgIpc) is 3.74. The van der Waals surface area contributed by atoms with Crippen molar-refractivity contribution in [2.24, 2.45) is 9.98 Å². The number of nitrogens with zero attached hydrogens (tertiary/aromatic N) is 2. The molecule has 3 atom stereocenters. The third-order valence-corrected chi connectivity index (χ3v) is 11.9. The summed E-state index contributed by atoms with van der Waals surface area (Å²) in [7, 11) is 0. The fourth-order valence-corrected chi connectivity index (χ4v) is 7.95. The second-order valence-electron chi connectivity index (χ2n) is 14.2. The van der Waals surface area contributed by atoms with Crippen LogP contribution in [-0.2, 0) is 15.6 Å². The minimum Gasteiger partial charge on any atom is -0.462 e. The normalized spacial score (nSPS) is 19.9. The lowest BCUT2D eigenvalue weighted by Gasteiger charge is -2.24. The molecule has 0 aliphatic carbocycles. The number of rotatable bonds is 10. The van der Waals surface area contributed by atoms with Crippen LogP contribution in [0.3, 0.4) is 0 Å².